The van der Waals surface area contributed by atoms with E-state index in [9.17, 15) is 4.79 Å². The summed E-state index contributed by atoms with van der Waals surface area (Å²) in [6.07, 6.45) is 0. The fourth-order valence-corrected chi connectivity index (χ4v) is 3.54. The normalized spacial score (nSPS) is 20.2. The Labute approximate surface area is 114 Å². The van der Waals surface area contributed by atoms with Gasteiger partial charge in [0.1, 0.15) is 11.0 Å². The van der Waals surface area contributed by atoms with Gasteiger partial charge in [-0.15, -0.1) is 11.3 Å². The monoisotopic (exact) mass is 281 g/mol. The van der Waals surface area contributed by atoms with Gasteiger partial charge in [-0.1, -0.05) is 11.6 Å². The number of thiazole rings is 1. The second-order valence-electron chi connectivity index (χ2n) is 4.45. The minimum Gasteiger partial charge on any atom is -0.325 e. The Morgan fingerprint density at radius 1 is 1.44 bits per heavy atom. The summed E-state index contributed by atoms with van der Waals surface area (Å²) in [6.45, 7) is 0.683. The molecule has 1 aliphatic rings. The predicted octanol–water partition coefficient (Wildman–Crippen LogP) is 2.99. The molecule has 0 saturated carbocycles. The largest absolute Gasteiger partial charge is 0.325 e. The average molecular weight is 282 g/mol. The number of fused-ring (bicyclic) bond motifs is 1. The van der Waals surface area contributed by atoms with Crippen molar-refractivity contribution < 1.29 is 4.79 Å². The lowest BCUT2D eigenvalue weighted by Crippen LogP contribution is -2.26. The van der Waals surface area contributed by atoms with Crippen LogP contribution in [0.2, 0.25) is 5.02 Å². The van der Waals surface area contributed by atoms with Crippen LogP contribution in [-0.4, -0.2) is 41.5 Å². The van der Waals surface area contributed by atoms with Crippen molar-refractivity contribution in [2.24, 2.45) is 0 Å². The van der Waals surface area contributed by atoms with Gasteiger partial charge in [-0.2, -0.15) is 0 Å². The molecule has 0 bridgehead atoms. The first-order valence-corrected chi connectivity index (χ1v) is 6.79. The van der Waals surface area contributed by atoms with E-state index in [-0.39, 0.29) is 12.1 Å². The van der Waals surface area contributed by atoms with Gasteiger partial charge in [0.15, 0.2) is 0 Å². The molecule has 3 rings (SSSR count). The van der Waals surface area contributed by atoms with Gasteiger partial charge in [-0.3, -0.25) is 0 Å². The molecule has 2 aromatic rings. The molecule has 2 amide bonds. The molecule has 1 saturated heterocycles. The summed E-state index contributed by atoms with van der Waals surface area (Å²) in [5.41, 5.74) is 0.940. The van der Waals surface area contributed by atoms with Crippen LogP contribution in [0.3, 0.4) is 0 Å². The standard InChI is InChI=1S/C12H12ClN3OS/c1-15-6-9(16(2)12(15)17)11-14-8-4-3-7(13)5-10(8)18-11/h3-5,9H,6H2,1-2H3. The van der Waals surface area contributed by atoms with Gasteiger partial charge in [0.25, 0.3) is 0 Å². The van der Waals surface area contributed by atoms with Crippen molar-refractivity contribution >= 4 is 39.2 Å². The summed E-state index contributed by atoms with van der Waals surface area (Å²) in [5, 5.41) is 1.68. The van der Waals surface area contributed by atoms with Crippen LogP contribution in [0.25, 0.3) is 10.2 Å². The second kappa shape index (κ2) is 4.10. The minimum absolute atomic E-state index is 0.0392. The number of hydrogen-bond donors (Lipinski definition) is 0. The zero-order valence-electron chi connectivity index (χ0n) is 10.1. The highest BCUT2D eigenvalue weighted by molar-refractivity contribution is 7.18. The number of carbonyl (C=O) groups excluding carboxylic acids is 1. The van der Waals surface area contributed by atoms with Crippen molar-refractivity contribution in [2.45, 2.75) is 6.04 Å². The SMILES string of the molecule is CN1CC(c2nc3ccc(Cl)cc3s2)N(C)C1=O. The van der Waals surface area contributed by atoms with Crippen LogP contribution in [0.4, 0.5) is 4.79 Å². The first-order valence-electron chi connectivity index (χ1n) is 5.60. The number of halogens is 1. The average Bonchev–Trinajstić information content (AvgIpc) is 2.85. The van der Waals surface area contributed by atoms with E-state index in [1.165, 1.54) is 0 Å². The Kier molecular flexibility index (Phi) is 2.68. The van der Waals surface area contributed by atoms with Crippen molar-refractivity contribution in [3.05, 3.63) is 28.2 Å². The zero-order valence-corrected chi connectivity index (χ0v) is 11.6. The van der Waals surface area contributed by atoms with Crippen LogP contribution in [-0.2, 0) is 0 Å². The molecule has 18 heavy (non-hydrogen) atoms. The Bertz CT molecular complexity index is 627. The van der Waals surface area contributed by atoms with Crippen LogP contribution in [0.15, 0.2) is 18.2 Å². The molecule has 1 fully saturated rings. The molecular weight excluding hydrogens is 270 g/mol. The summed E-state index contributed by atoms with van der Waals surface area (Å²) in [6, 6.07) is 5.75. The Hall–Kier alpha value is -1.33. The lowest BCUT2D eigenvalue weighted by molar-refractivity contribution is 0.201. The van der Waals surface area contributed by atoms with E-state index in [0.717, 1.165) is 15.2 Å². The first kappa shape index (κ1) is 11.7. The highest BCUT2D eigenvalue weighted by Gasteiger charge is 2.35. The highest BCUT2D eigenvalue weighted by atomic mass is 35.5. The summed E-state index contributed by atoms with van der Waals surface area (Å²) in [5.74, 6) is 0. The van der Waals surface area contributed by atoms with Gasteiger partial charge >= 0.3 is 6.03 Å². The van der Waals surface area contributed by atoms with E-state index in [1.54, 1.807) is 21.1 Å². The van der Waals surface area contributed by atoms with Gasteiger partial charge in [0.2, 0.25) is 0 Å². The van der Waals surface area contributed by atoms with Crippen molar-refractivity contribution in [3.63, 3.8) is 0 Å². The molecule has 0 spiro atoms. The number of urea groups is 1. The van der Waals surface area contributed by atoms with Gasteiger partial charge in [0, 0.05) is 25.7 Å². The lowest BCUT2D eigenvalue weighted by Gasteiger charge is -2.14. The highest BCUT2D eigenvalue weighted by Crippen LogP contribution is 2.33. The predicted molar refractivity (Wildman–Crippen MR) is 73.2 cm³/mol. The van der Waals surface area contributed by atoms with E-state index in [0.29, 0.717) is 11.6 Å². The molecule has 2 heterocycles. The molecule has 1 aliphatic heterocycles. The summed E-state index contributed by atoms with van der Waals surface area (Å²) in [7, 11) is 3.62. The second-order valence-corrected chi connectivity index (χ2v) is 5.95. The topological polar surface area (TPSA) is 36.4 Å². The molecule has 1 aromatic carbocycles. The van der Waals surface area contributed by atoms with Gasteiger partial charge in [-0.05, 0) is 18.2 Å². The molecule has 1 aromatic heterocycles. The number of rotatable bonds is 1. The third-order valence-electron chi connectivity index (χ3n) is 3.19. The molecule has 1 unspecified atom stereocenters. The van der Waals surface area contributed by atoms with Crippen molar-refractivity contribution in [1.29, 1.82) is 0 Å². The van der Waals surface area contributed by atoms with Gasteiger partial charge in [0.05, 0.1) is 10.2 Å². The van der Waals surface area contributed by atoms with E-state index in [4.69, 9.17) is 11.6 Å². The maximum Gasteiger partial charge on any atom is 0.320 e. The fraction of sp³-hybridized carbons (Fsp3) is 0.333. The number of amides is 2. The van der Waals surface area contributed by atoms with E-state index in [1.807, 2.05) is 32.3 Å². The summed E-state index contributed by atoms with van der Waals surface area (Å²) in [4.78, 5) is 19.8. The van der Waals surface area contributed by atoms with Gasteiger partial charge < -0.3 is 9.80 Å². The molecule has 0 N–H and O–H groups in total. The molecular formula is C12H12ClN3OS. The van der Waals surface area contributed by atoms with E-state index < -0.39 is 0 Å². The van der Waals surface area contributed by atoms with Crippen LogP contribution in [0, 0.1) is 0 Å². The van der Waals surface area contributed by atoms with Crippen LogP contribution >= 0.6 is 22.9 Å². The number of likely N-dealkylation sites (N-methyl/N-ethyl adjacent to an activating group) is 2. The quantitative estimate of drug-likeness (QED) is 0.806. The molecule has 0 radical (unpaired) electrons. The van der Waals surface area contributed by atoms with Crippen molar-refractivity contribution in [1.82, 2.24) is 14.8 Å². The fourth-order valence-electron chi connectivity index (χ4n) is 2.17. The number of nitrogens with zero attached hydrogens (tertiary/aromatic N) is 3. The number of carbonyl (C=O) groups is 1. The third kappa shape index (κ3) is 1.74. The first-order chi connectivity index (χ1) is 8.56. The number of aromatic nitrogens is 1. The minimum atomic E-state index is 0.0392. The number of hydrogen-bond acceptors (Lipinski definition) is 3. The van der Waals surface area contributed by atoms with Gasteiger partial charge in [-0.25, -0.2) is 9.78 Å². The molecule has 0 aliphatic carbocycles. The van der Waals surface area contributed by atoms with Crippen LogP contribution in [0.1, 0.15) is 11.0 Å². The summed E-state index contributed by atoms with van der Waals surface area (Å²) < 4.78 is 1.06. The van der Waals surface area contributed by atoms with Crippen LogP contribution in [0.5, 0.6) is 0 Å². The van der Waals surface area contributed by atoms with Crippen molar-refractivity contribution in [3.8, 4) is 0 Å². The molecule has 94 valence electrons. The van der Waals surface area contributed by atoms with Crippen molar-refractivity contribution in [2.75, 3.05) is 20.6 Å². The molecule has 4 nitrogen and oxygen atoms in total. The molecule has 1 atom stereocenters. The molecule has 6 heteroatoms. The maximum absolute atomic E-state index is 11.8. The Morgan fingerprint density at radius 3 is 2.89 bits per heavy atom. The van der Waals surface area contributed by atoms with Crippen LogP contribution < -0.4 is 0 Å². The zero-order chi connectivity index (χ0) is 12.9. The Morgan fingerprint density at radius 2 is 2.22 bits per heavy atom. The lowest BCUT2D eigenvalue weighted by atomic mass is 10.3. The number of benzene rings is 1. The summed E-state index contributed by atoms with van der Waals surface area (Å²) >= 11 is 7.57. The van der Waals surface area contributed by atoms with E-state index >= 15 is 0 Å². The third-order valence-corrected chi connectivity index (χ3v) is 4.55. The smallest absolute Gasteiger partial charge is 0.320 e. The van der Waals surface area contributed by atoms with E-state index in [2.05, 4.69) is 4.98 Å². The Balaban J connectivity index is 2.02. The maximum atomic E-state index is 11.8.